The van der Waals surface area contributed by atoms with E-state index < -0.39 is 0 Å². The first-order valence-electron chi connectivity index (χ1n) is 9.83. The first kappa shape index (κ1) is 19.0. The number of benzene rings is 1. The van der Waals surface area contributed by atoms with E-state index in [1.807, 2.05) is 26.0 Å². The highest BCUT2D eigenvalue weighted by Crippen LogP contribution is 2.27. The molecule has 0 radical (unpaired) electrons. The average molecular weight is 391 g/mol. The van der Waals surface area contributed by atoms with E-state index in [9.17, 15) is 0 Å². The highest BCUT2D eigenvalue weighted by molar-refractivity contribution is 5.56. The number of nitrogens with zero attached hydrogens (tertiary/aromatic N) is 7. The van der Waals surface area contributed by atoms with E-state index in [-0.39, 0.29) is 0 Å². The van der Waals surface area contributed by atoms with Crippen molar-refractivity contribution in [1.29, 1.82) is 0 Å². The highest BCUT2D eigenvalue weighted by atomic mass is 16.5. The van der Waals surface area contributed by atoms with Crippen LogP contribution in [0.2, 0.25) is 0 Å². The summed E-state index contributed by atoms with van der Waals surface area (Å²) in [6.45, 7) is 10.4. The molecule has 1 aliphatic heterocycles. The molecule has 0 spiro atoms. The van der Waals surface area contributed by atoms with Crippen LogP contribution in [-0.2, 0) is 6.54 Å². The van der Waals surface area contributed by atoms with Crippen LogP contribution in [0.4, 0.5) is 0 Å². The van der Waals surface area contributed by atoms with Gasteiger partial charge in [-0.2, -0.15) is 9.78 Å². The van der Waals surface area contributed by atoms with Crippen LogP contribution in [-0.4, -0.2) is 48.3 Å². The fourth-order valence-electron chi connectivity index (χ4n) is 3.58. The molecule has 8 nitrogen and oxygen atoms in total. The Hall–Kier alpha value is -3.29. The lowest BCUT2D eigenvalue weighted by molar-refractivity contribution is 0.262. The summed E-state index contributed by atoms with van der Waals surface area (Å²) in [5.41, 5.74) is 3.28. The molecule has 0 amide bonds. The zero-order chi connectivity index (χ0) is 20.2. The number of aromatic nitrogens is 6. The van der Waals surface area contributed by atoms with Crippen molar-refractivity contribution in [1.82, 2.24) is 35.2 Å². The van der Waals surface area contributed by atoms with Crippen LogP contribution in [0.1, 0.15) is 47.4 Å². The van der Waals surface area contributed by atoms with E-state index in [4.69, 9.17) is 4.52 Å². The number of allylic oxidation sites excluding steroid dienone is 1. The van der Waals surface area contributed by atoms with E-state index in [0.29, 0.717) is 24.2 Å². The fourth-order valence-corrected chi connectivity index (χ4v) is 3.58. The van der Waals surface area contributed by atoms with Crippen molar-refractivity contribution in [2.24, 2.45) is 0 Å². The molecular formula is C21H25N7O. The van der Waals surface area contributed by atoms with Crippen LogP contribution >= 0.6 is 0 Å². The summed E-state index contributed by atoms with van der Waals surface area (Å²) in [6, 6.07) is 8.23. The quantitative estimate of drug-likeness (QED) is 0.597. The number of likely N-dealkylation sites (tertiary alicyclic amines) is 1. The van der Waals surface area contributed by atoms with Crippen LogP contribution in [0.3, 0.4) is 0 Å². The Morgan fingerprint density at radius 2 is 2.03 bits per heavy atom. The lowest BCUT2D eigenvalue weighted by atomic mass is 9.96. The Morgan fingerprint density at radius 3 is 2.72 bits per heavy atom. The third-order valence-electron chi connectivity index (χ3n) is 5.18. The SMILES string of the molecule is C=C(/C=C/c1ccccc1Cn1nnc(C)n1)N1CCC(c2noc(C)n2)CC1. The number of hydrogen-bond donors (Lipinski definition) is 0. The molecule has 3 heterocycles. The van der Waals surface area contributed by atoms with E-state index in [0.717, 1.165) is 48.6 Å². The van der Waals surface area contributed by atoms with Gasteiger partial charge in [-0.05, 0) is 42.2 Å². The topological polar surface area (TPSA) is 85.8 Å². The van der Waals surface area contributed by atoms with Crippen LogP contribution < -0.4 is 0 Å². The van der Waals surface area contributed by atoms with Gasteiger partial charge in [0.25, 0.3) is 0 Å². The van der Waals surface area contributed by atoms with Crippen molar-refractivity contribution >= 4 is 6.08 Å². The van der Waals surface area contributed by atoms with Gasteiger partial charge in [-0.25, -0.2) is 0 Å². The molecule has 1 aromatic carbocycles. The molecular weight excluding hydrogens is 366 g/mol. The lowest BCUT2D eigenvalue weighted by Gasteiger charge is -2.32. The number of piperidine rings is 1. The molecule has 8 heteroatoms. The molecule has 0 N–H and O–H groups in total. The van der Waals surface area contributed by atoms with E-state index in [1.54, 1.807) is 4.80 Å². The van der Waals surface area contributed by atoms with Gasteiger partial charge < -0.3 is 9.42 Å². The summed E-state index contributed by atoms with van der Waals surface area (Å²) in [5.74, 6) is 2.49. The molecule has 4 rings (SSSR count). The third-order valence-corrected chi connectivity index (χ3v) is 5.18. The Bertz CT molecular complexity index is 1010. The molecule has 3 aromatic rings. The number of tetrazole rings is 1. The van der Waals surface area contributed by atoms with Gasteiger partial charge in [-0.3, -0.25) is 0 Å². The van der Waals surface area contributed by atoms with Crippen molar-refractivity contribution in [3.8, 4) is 0 Å². The van der Waals surface area contributed by atoms with Gasteiger partial charge in [-0.1, -0.05) is 42.1 Å². The van der Waals surface area contributed by atoms with Crippen molar-refractivity contribution in [2.75, 3.05) is 13.1 Å². The second-order valence-corrected chi connectivity index (χ2v) is 7.32. The van der Waals surface area contributed by atoms with Gasteiger partial charge in [0.2, 0.25) is 5.89 Å². The van der Waals surface area contributed by atoms with Gasteiger partial charge in [0.1, 0.15) is 0 Å². The first-order valence-corrected chi connectivity index (χ1v) is 9.83. The molecule has 1 aliphatic rings. The third kappa shape index (κ3) is 4.59. The molecule has 0 unspecified atom stereocenters. The van der Waals surface area contributed by atoms with Crippen LogP contribution in [0.15, 0.2) is 47.1 Å². The van der Waals surface area contributed by atoms with E-state index in [1.165, 1.54) is 0 Å². The molecule has 2 aromatic heterocycles. The molecule has 0 aliphatic carbocycles. The maximum Gasteiger partial charge on any atom is 0.223 e. The number of rotatable bonds is 6. The predicted molar refractivity (Wildman–Crippen MR) is 109 cm³/mol. The Labute approximate surface area is 169 Å². The molecule has 1 saturated heterocycles. The molecule has 150 valence electrons. The van der Waals surface area contributed by atoms with Crippen LogP contribution in [0, 0.1) is 13.8 Å². The van der Waals surface area contributed by atoms with Gasteiger partial charge in [0.05, 0.1) is 6.54 Å². The molecule has 0 saturated carbocycles. The molecule has 29 heavy (non-hydrogen) atoms. The fraction of sp³-hybridized carbons (Fsp3) is 0.381. The predicted octanol–water partition coefficient (Wildman–Crippen LogP) is 3.13. The summed E-state index contributed by atoms with van der Waals surface area (Å²) >= 11 is 0. The zero-order valence-electron chi connectivity index (χ0n) is 16.8. The van der Waals surface area contributed by atoms with Crippen molar-refractivity contribution in [3.63, 3.8) is 0 Å². The van der Waals surface area contributed by atoms with Crippen LogP contribution in [0.5, 0.6) is 0 Å². The largest absolute Gasteiger partial charge is 0.372 e. The van der Waals surface area contributed by atoms with E-state index >= 15 is 0 Å². The summed E-state index contributed by atoms with van der Waals surface area (Å²) in [4.78, 5) is 8.30. The highest BCUT2D eigenvalue weighted by Gasteiger charge is 2.24. The maximum absolute atomic E-state index is 5.12. The van der Waals surface area contributed by atoms with Crippen molar-refractivity contribution in [2.45, 2.75) is 39.2 Å². The minimum absolute atomic E-state index is 0.361. The smallest absolute Gasteiger partial charge is 0.223 e. The molecule has 0 bridgehead atoms. The number of hydrogen-bond acceptors (Lipinski definition) is 7. The Morgan fingerprint density at radius 1 is 1.24 bits per heavy atom. The Kier molecular flexibility index (Phi) is 5.50. The second kappa shape index (κ2) is 8.38. The van der Waals surface area contributed by atoms with Gasteiger partial charge in [0.15, 0.2) is 11.6 Å². The molecule has 0 atom stereocenters. The first-order chi connectivity index (χ1) is 14.1. The van der Waals surface area contributed by atoms with Gasteiger partial charge >= 0.3 is 0 Å². The second-order valence-electron chi connectivity index (χ2n) is 7.32. The van der Waals surface area contributed by atoms with Gasteiger partial charge in [0, 0.05) is 31.6 Å². The summed E-state index contributed by atoms with van der Waals surface area (Å²) < 4.78 is 5.12. The normalized spacial score (nSPS) is 15.3. The summed E-state index contributed by atoms with van der Waals surface area (Å²) in [7, 11) is 0. The summed E-state index contributed by atoms with van der Waals surface area (Å²) in [6.07, 6.45) is 6.19. The van der Waals surface area contributed by atoms with Gasteiger partial charge in [-0.15, -0.1) is 10.2 Å². The Balaban J connectivity index is 1.37. The zero-order valence-corrected chi connectivity index (χ0v) is 16.8. The minimum Gasteiger partial charge on any atom is -0.372 e. The van der Waals surface area contributed by atoms with Crippen LogP contribution in [0.25, 0.3) is 6.08 Å². The number of aryl methyl sites for hydroxylation is 2. The van der Waals surface area contributed by atoms with E-state index in [2.05, 4.69) is 61.3 Å². The maximum atomic E-state index is 5.12. The minimum atomic E-state index is 0.361. The standard InChI is InChI=1S/C21H25N7O/c1-15(27-12-10-19(11-13-27)21-22-17(3)29-25-21)8-9-18-6-4-5-7-20(18)14-28-24-16(2)23-26-28/h4-9,19H,1,10-14H2,2-3H3/b9-8+. The van der Waals surface area contributed by atoms with Crippen molar-refractivity contribution in [3.05, 3.63) is 71.3 Å². The monoisotopic (exact) mass is 391 g/mol. The lowest BCUT2D eigenvalue weighted by Crippen LogP contribution is -2.31. The molecule has 1 fully saturated rings. The summed E-state index contributed by atoms with van der Waals surface area (Å²) in [5, 5.41) is 16.3. The van der Waals surface area contributed by atoms with Crippen molar-refractivity contribution < 1.29 is 4.52 Å². The average Bonchev–Trinajstić information content (AvgIpc) is 3.35.